The van der Waals surface area contributed by atoms with Crippen LogP contribution in [-0.2, 0) is 19.5 Å². The van der Waals surface area contributed by atoms with Crippen molar-refractivity contribution in [2.24, 2.45) is 4.99 Å². The number of hydrogen-bond donors (Lipinski definition) is 2. The van der Waals surface area contributed by atoms with Gasteiger partial charge in [-0.3, -0.25) is 0 Å². The molecule has 12 nitrogen and oxygen atoms in total. The number of rotatable bonds is 12. The number of benzene rings is 4. The van der Waals surface area contributed by atoms with E-state index in [1.165, 1.54) is 0 Å². The molecule has 3 heterocycles. The quantitative estimate of drug-likeness (QED) is 0.104. The van der Waals surface area contributed by atoms with Crippen LogP contribution in [0.2, 0.25) is 0 Å². The van der Waals surface area contributed by atoms with Crippen molar-refractivity contribution in [3.05, 3.63) is 102 Å². The lowest BCUT2D eigenvalue weighted by Crippen LogP contribution is -2.38. The second-order valence-electron chi connectivity index (χ2n) is 11.5. The van der Waals surface area contributed by atoms with Gasteiger partial charge in [-0.25, -0.2) is 4.99 Å². The second-order valence-corrected chi connectivity index (χ2v) is 11.5. The summed E-state index contributed by atoms with van der Waals surface area (Å²) in [5.74, 6) is 6.78. The zero-order valence-corrected chi connectivity index (χ0v) is 30.0. The largest absolute Gasteiger partial charge is 0.496 e. The molecule has 4 aromatic carbocycles. The molecule has 0 aliphatic carbocycles. The van der Waals surface area contributed by atoms with E-state index in [-0.39, 0.29) is 17.0 Å². The topological polar surface area (TPSA) is 127 Å². The molecule has 0 fully saturated rings. The lowest BCUT2D eigenvalue weighted by atomic mass is 10.1. The van der Waals surface area contributed by atoms with Crippen LogP contribution >= 0.6 is 17.0 Å². The molecule has 5 aromatic rings. The van der Waals surface area contributed by atoms with Crippen LogP contribution < -0.4 is 43.8 Å². The number of ether oxygens (including phenoxy) is 7. The van der Waals surface area contributed by atoms with Gasteiger partial charge in [0.1, 0.15) is 55.1 Å². The average Bonchev–Trinajstić information content (AvgIpc) is 3.64. The number of nitrogens with one attached hydrogen (secondary N) is 2. The minimum atomic E-state index is 0. The number of guanidine groups is 1. The van der Waals surface area contributed by atoms with Crippen LogP contribution in [0.1, 0.15) is 16.8 Å². The third-order valence-electron chi connectivity index (χ3n) is 8.01. The molecule has 2 N–H and O–H groups in total. The smallest absolute Gasteiger partial charge is 0.191 e. The van der Waals surface area contributed by atoms with E-state index in [2.05, 4.69) is 21.9 Å². The van der Waals surface area contributed by atoms with E-state index in [0.717, 1.165) is 46.1 Å². The van der Waals surface area contributed by atoms with Crippen molar-refractivity contribution in [1.82, 2.24) is 15.8 Å². The minimum Gasteiger partial charge on any atom is -0.496 e. The van der Waals surface area contributed by atoms with Gasteiger partial charge in [0.15, 0.2) is 34.7 Å². The maximum Gasteiger partial charge on any atom is 0.191 e. The van der Waals surface area contributed by atoms with Crippen molar-refractivity contribution < 1.29 is 37.7 Å². The van der Waals surface area contributed by atoms with Crippen molar-refractivity contribution in [2.75, 3.05) is 47.2 Å². The van der Waals surface area contributed by atoms with Crippen LogP contribution in [0.25, 0.3) is 11.3 Å². The fourth-order valence-corrected chi connectivity index (χ4v) is 5.50. The Kier molecular flexibility index (Phi) is 11.7. The molecule has 13 heteroatoms. The van der Waals surface area contributed by atoms with Gasteiger partial charge in [0, 0.05) is 36.4 Å². The van der Waals surface area contributed by atoms with E-state index in [1.54, 1.807) is 20.3 Å². The Morgan fingerprint density at radius 2 is 1.37 bits per heavy atom. The standard InChI is InChI=1S/C38H38N4O8.BrH/c1-43-30-20-31(44-2)22-32(21-30)49-29-5-3-4-26(16-29)23-40-38(39-11-10-25-6-8-33-36(17-25)47-14-12-45-33)41-24-28-19-35(50-42-28)27-7-9-34-37(18-27)48-15-13-46-34;/h3-9,16-22H,10-15,23-24H2,1-2H3,(H2,39,40,41);1H. The monoisotopic (exact) mass is 758 g/mol. The number of halogens is 1. The molecule has 0 atom stereocenters. The van der Waals surface area contributed by atoms with Gasteiger partial charge in [-0.1, -0.05) is 23.4 Å². The summed E-state index contributed by atoms with van der Waals surface area (Å²) in [6.45, 7) is 3.59. The first-order chi connectivity index (χ1) is 24.6. The fraction of sp³-hybridized carbons (Fsp3) is 0.263. The van der Waals surface area contributed by atoms with Gasteiger partial charge in [0.25, 0.3) is 0 Å². The van der Waals surface area contributed by atoms with Crippen molar-refractivity contribution in [1.29, 1.82) is 0 Å². The van der Waals surface area contributed by atoms with Gasteiger partial charge in [-0.15, -0.1) is 17.0 Å². The van der Waals surface area contributed by atoms with E-state index in [0.29, 0.717) is 86.5 Å². The average molecular weight is 760 g/mol. The summed E-state index contributed by atoms with van der Waals surface area (Å²) in [7, 11) is 3.21. The molecule has 0 saturated carbocycles. The summed E-state index contributed by atoms with van der Waals surface area (Å²) >= 11 is 0. The number of aliphatic imine (C=N–C) groups is 1. The molecular formula is C38H39BrN4O8. The maximum absolute atomic E-state index is 6.15. The van der Waals surface area contributed by atoms with Crippen LogP contribution in [0.15, 0.2) is 94.4 Å². The molecule has 0 radical (unpaired) electrons. The van der Waals surface area contributed by atoms with E-state index >= 15 is 0 Å². The van der Waals surface area contributed by atoms with Crippen LogP contribution in [0.5, 0.6) is 46.0 Å². The summed E-state index contributed by atoms with van der Waals surface area (Å²) in [6.07, 6.45) is 0.753. The maximum atomic E-state index is 6.15. The molecule has 0 saturated heterocycles. The van der Waals surface area contributed by atoms with Gasteiger partial charge in [0.05, 0.1) is 27.3 Å². The lowest BCUT2D eigenvalue weighted by Gasteiger charge is -2.19. The number of hydrogen-bond acceptors (Lipinski definition) is 10. The lowest BCUT2D eigenvalue weighted by molar-refractivity contribution is 0.171. The highest BCUT2D eigenvalue weighted by Crippen LogP contribution is 2.35. The predicted octanol–water partition coefficient (Wildman–Crippen LogP) is 6.75. The Morgan fingerprint density at radius 1 is 0.686 bits per heavy atom. The number of methoxy groups -OCH3 is 2. The third-order valence-corrected chi connectivity index (χ3v) is 8.01. The van der Waals surface area contributed by atoms with E-state index in [4.69, 9.17) is 42.7 Å². The first-order valence-corrected chi connectivity index (χ1v) is 16.4. The first-order valence-electron chi connectivity index (χ1n) is 16.4. The van der Waals surface area contributed by atoms with Crippen molar-refractivity contribution >= 4 is 22.9 Å². The SMILES string of the molecule is Br.COc1cc(OC)cc(Oc2cccc(CN=C(NCCc3ccc4c(c3)OCCO4)NCc3cc(-c4ccc5c(c4)OCCO5)on3)c2)c1. The molecule has 0 spiro atoms. The number of nitrogens with zero attached hydrogens (tertiary/aromatic N) is 2. The Morgan fingerprint density at radius 3 is 2.12 bits per heavy atom. The zero-order chi connectivity index (χ0) is 34.1. The van der Waals surface area contributed by atoms with Gasteiger partial charge in [-0.05, 0) is 60.0 Å². The first kappa shape index (κ1) is 35.3. The van der Waals surface area contributed by atoms with Crippen molar-refractivity contribution in [3.63, 3.8) is 0 Å². The molecule has 0 unspecified atom stereocenters. The van der Waals surface area contributed by atoms with Gasteiger partial charge >= 0.3 is 0 Å². The third kappa shape index (κ3) is 9.17. The summed E-state index contributed by atoms with van der Waals surface area (Å²) in [4.78, 5) is 4.89. The molecule has 51 heavy (non-hydrogen) atoms. The summed E-state index contributed by atoms with van der Waals surface area (Å²) in [5.41, 5.74) is 3.67. The summed E-state index contributed by atoms with van der Waals surface area (Å²) in [6, 6.07) is 26.9. The zero-order valence-electron chi connectivity index (χ0n) is 28.3. The fourth-order valence-electron chi connectivity index (χ4n) is 5.50. The normalized spacial score (nSPS) is 13.1. The second kappa shape index (κ2) is 16.9. The summed E-state index contributed by atoms with van der Waals surface area (Å²) < 4.78 is 45.4. The Balaban J connectivity index is 0.00000448. The van der Waals surface area contributed by atoms with E-state index in [9.17, 15) is 0 Å². The molecule has 0 amide bonds. The van der Waals surface area contributed by atoms with Crippen LogP contribution in [-0.4, -0.2) is 58.3 Å². The van der Waals surface area contributed by atoms with Crippen molar-refractivity contribution in [3.8, 4) is 57.3 Å². The molecule has 266 valence electrons. The van der Waals surface area contributed by atoms with E-state index in [1.807, 2.05) is 72.8 Å². The number of aromatic nitrogens is 1. The van der Waals surface area contributed by atoms with E-state index < -0.39 is 0 Å². The van der Waals surface area contributed by atoms with Gasteiger partial charge < -0.3 is 48.3 Å². The molecule has 0 bridgehead atoms. The Hall–Kier alpha value is -5.56. The molecule has 1 aromatic heterocycles. The van der Waals surface area contributed by atoms with Crippen LogP contribution in [0.3, 0.4) is 0 Å². The highest BCUT2D eigenvalue weighted by atomic mass is 79.9. The minimum absolute atomic E-state index is 0. The van der Waals surface area contributed by atoms with Crippen LogP contribution in [0, 0.1) is 0 Å². The van der Waals surface area contributed by atoms with Crippen molar-refractivity contribution in [2.45, 2.75) is 19.5 Å². The summed E-state index contributed by atoms with van der Waals surface area (Å²) in [5, 5.41) is 11.2. The molecule has 2 aliphatic heterocycles. The van der Waals surface area contributed by atoms with Gasteiger partial charge in [0.2, 0.25) is 0 Å². The van der Waals surface area contributed by atoms with Crippen LogP contribution in [0.4, 0.5) is 0 Å². The molecule has 2 aliphatic rings. The molecule has 7 rings (SSSR count). The predicted molar refractivity (Wildman–Crippen MR) is 196 cm³/mol. The molecular weight excluding hydrogens is 720 g/mol. The number of fused-ring (bicyclic) bond motifs is 2. The van der Waals surface area contributed by atoms with Gasteiger partial charge in [-0.2, -0.15) is 0 Å². The highest BCUT2D eigenvalue weighted by molar-refractivity contribution is 8.93. The highest BCUT2D eigenvalue weighted by Gasteiger charge is 2.16. The Labute approximate surface area is 306 Å². The Bertz CT molecular complexity index is 1940.